The summed E-state index contributed by atoms with van der Waals surface area (Å²) in [7, 11) is 0. The molecule has 0 aliphatic carbocycles. The summed E-state index contributed by atoms with van der Waals surface area (Å²) >= 11 is 0. The summed E-state index contributed by atoms with van der Waals surface area (Å²) < 4.78 is 0. The van der Waals surface area contributed by atoms with Crippen LogP contribution in [0.15, 0.2) is 54.0 Å². The van der Waals surface area contributed by atoms with Crippen molar-refractivity contribution in [2.45, 2.75) is 25.4 Å². The molecule has 1 aromatic rings. The lowest BCUT2D eigenvalue weighted by Crippen LogP contribution is -2.76. The second-order valence-electron chi connectivity index (χ2n) is 5.62. The molecule has 110 valence electrons. The van der Waals surface area contributed by atoms with Crippen LogP contribution in [-0.4, -0.2) is 30.2 Å². The second-order valence-corrected chi connectivity index (χ2v) is 5.62. The van der Waals surface area contributed by atoms with E-state index in [1.165, 1.54) is 30.3 Å². The molecule has 0 amide bonds. The molecule has 1 aromatic carbocycles. The Morgan fingerprint density at radius 2 is 2.24 bits per heavy atom. The summed E-state index contributed by atoms with van der Waals surface area (Å²) in [5.41, 5.74) is 3.46. The molecule has 2 aliphatic heterocycles. The number of hydrogen-bond acceptors (Lipinski definition) is 3. The van der Waals surface area contributed by atoms with Crippen LogP contribution in [-0.2, 0) is 6.54 Å². The standard InChI is InChI=1S/C17H22N4/c18-9-15(11-19-10-14-5-2-1-3-6-14)17-13-20-12-16-7-4-8-21(16)17/h1-3,5-6,9,11,13,16,18-20H,4,7-8,10,12H2/p+1/b15-11+,18-9?/t16-/m0/s1. The molecule has 2 aliphatic rings. The third-order valence-electron chi connectivity index (χ3n) is 4.22. The van der Waals surface area contributed by atoms with Crippen molar-refractivity contribution in [2.24, 2.45) is 0 Å². The van der Waals surface area contributed by atoms with Crippen LogP contribution in [0.2, 0.25) is 0 Å². The molecule has 0 bridgehead atoms. The van der Waals surface area contributed by atoms with E-state index in [0.717, 1.165) is 25.2 Å². The van der Waals surface area contributed by atoms with E-state index < -0.39 is 0 Å². The van der Waals surface area contributed by atoms with Crippen molar-refractivity contribution < 1.29 is 5.32 Å². The Labute approximate surface area is 126 Å². The minimum absolute atomic E-state index is 0.600. The third-order valence-corrected chi connectivity index (χ3v) is 4.22. The highest BCUT2D eigenvalue weighted by atomic mass is 15.2. The third kappa shape index (κ3) is 3.16. The number of nitrogens with two attached hydrogens (primary N) is 1. The maximum Gasteiger partial charge on any atom is 0.105 e. The fourth-order valence-corrected chi connectivity index (χ4v) is 3.13. The monoisotopic (exact) mass is 283 g/mol. The largest absolute Gasteiger partial charge is 0.387 e. The van der Waals surface area contributed by atoms with Crippen LogP contribution in [0.3, 0.4) is 0 Å². The van der Waals surface area contributed by atoms with Gasteiger partial charge in [-0.15, -0.1) is 0 Å². The molecule has 0 spiro atoms. The molecule has 0 radical (unpaired) electrons. The van der Waals surface area contributed by atoms with Crippen LogP contribution in [0.5, 0.6) is 0 Å². The predicted octanol–water partition coefficient (Wildman–Crippen LogP) is 1.19. The van der Waals surface area contributed by atoms with E-state index in [2.05, 4.69) is 52.2 Å². The van der Waals surface area contributed by atoms with Gasteiger partial charge in [0.15, 0.2) is 0 Å². The van der Waals surface area contributed by atoms with Gasteiger partial charge < -0.3 is 20.9 Å². The van der Waals surface area contributed by atoms with Crippen molar-refractivity contribution in [3.05, 3.63) is 59.6 Å². The molecule has 4 N–H and O–H groups in total. The zero-order valence-corrected chi connectivity index (χ0v) is 12.3. The zero-order chi connectivity index (χ0) is 14.5. The highest BCUT2D eigenvalue weighted by Gasteiger charge is 2.29. The first-order valence-electron chi connectivity index (χ1n) is 7.67. The van der Waals surface area contributed by atoms with Crippen molar-refractivity contribution in [3.63, 3.8) is 0 Å². The van der Waals surface area contributed by atoms with Crippen molar-refractivity contribution in [1.29, 1.82) is 5.41 Å². The first-order valence-corrected chi connectivity index (χ1v) is 7.67. The van der Waals surface area contributed by atoms with E-state index in [1.54, 1.807) is 0 Å². The zero-order valence-electron chi connectivity index (χ0n) is 12.3. The molecule has 4 heteroatoms. The van der Waals surface area contributed by atoms with Crippen molar-refractivity contribution >= 4 is 6.21 Å². The number of fused-ring (bicyclic) bond motifs is 1. The van der Waals surface area contributed by atoms with E-state index in [0.29, 0.717) is 6.04 Å². The van der Waals surface area contributed by atoms with Gasteiger partial charge in [0.2, 0.25) is 0 Å². The smallest absolute Gasteiger partial charge is 0.105 e. The topological polar surface area (TPSA) is 55.7 Å². The Morgan fingerprint density at radius 1 is 1.38 bits per heavy atom. The fourth-order valence-electron chi connectivity index (χ4n) is 3.13. The quantitative estimate of drug-likeness (QED) is 0.711. The number of nitrogens with one attached hydrogen (secondary N) is 2. The Bertz CT molecular complexity index is 547. The number of hydrogen-bond donors (Lipinski definition) is 3. The van der Waals surface area contributed by atoms with Crippen LogP contribution < -0.4 is 10.6 Å². The molecule has 2 heterocycles. The Hall–Kier alpha value is -2.07. The summed E-state index contributed by atoms with van der Waals surface area (Å²) in [6.07, 6.45) is 8.12. The van der Waals surface area contributed by atoms with Crippen molar-refractivity contribution in [2.75, 3.05) is 13.1 Å². The predicted molar refractivity (Wildman–Crippen MR) is 84.8 cm³/mol. The summed E-state index contributed by atoms with van der Waals surface area (Å²) in [6, 6.07) is 11.0. The Morgan fingerprint density at radius 3 is 3.05 bits per heavy atom. The summed E-state index contributed by atoms with van der Waals surface area (Å²) in [4.78, 5) is 2.45. The Kier molecular flexibility index (Phi) is 4.36. The van der Waals surface area contributed by atoms with Crippen molar-refractivity contribution in [1.82, 2.24) is 10.2 Å². The van der Waals surface area contributed by atoms with Gasteiger partial charge in [0.05, 0.1) is 11.3 Å². The maximum absolute atomic E-state index is 7.72. The molecule has 0 aromatic heterocycles. The normalized spacial score (nSPS) is 21.5. The number of rotatable bonds is 5. The molecule has 21 heavy (non-hydrogen) atoms. The first kappa shape index (κ1) is 13.9. The molecule has 0 saturated carbocycles. The Balaban J connectivity index is 1.68. The molecule has 1 fully saturated rings. The second kappa shape index (κ2) is 6.59. The first-order chi connectivity index (χ1) is 10.4. The van der Waals surface area contributed by atoms with Crippen LogP contribution in [0.1, 0.15) is 18.4 Å². The van der Waals surface area contributed by atoms with Gasteiger partial charge >= 0.3 is 0 Å². The lowest BCUT2D eigenvalue weighted by Gasteiger charge is -2.33. The number of benzene rings is 1. The minimum atomic E-state index is 0.600. The molecule has 1 saturated heterocycles. The molecule has 0 unspecified atom stereocenters. The SMILES string of the molecule is N=C/C(=C\[NH2+]Cc1ccccc1)C1=CNC[C@@H]2CCCN12. The van der Waals surface area contributed by atoms with Gasteiger partial charge in [-0.2, -0.15) is 0 Å². The molecule has 3 rings (SSSR count). The number of nitrogens with zero attached hydrogens (tertiary/aromatic N) is 1. The minimum Gasteiger partial charge on any atom is -0.387 e. The van der Waals surface area contributed by atoms with E-state index in [9.17, 15) is 0 Å². The lowest BCUT2D eigenvalue weighted by atomic mass is 10.1. The fraction of sp³-hybridized carbons (Fsp3) is 0.353. The molecule has 4 nitrogen and oxygen atoms in total. The van der Waals surface area contributed by atoms with Gasteiger partial charge in [-0.3, -0.25) is 0 Å². The van der Waals surface area contributed by atoms with Crippen LogP contribution in [0.25, 0.3) is 0 Å². The van der Waals surface area contributed by atoms with E-state index >= 15 is 0 Å². The molecular weight excluding hydrogens is 260 g/mol. The van der Waals surface area contributed by atoms with Crippen LogP contribution in [0.4, 0.5) is 0 Å². The summed E-state index contributed by atoms with van der Waals surface area (Å²) in [5.74, 6) is 0. The van der Waals surface area contributed by atoms with Gasteiger partial charge in [0, 0.05) is 37.1 Å². The highest BCUT2D eigenvalue weighted by Crippen LogP contribution is 2.27. The van der Waals surface area contributed by atoms with Crippen molar-refractivity contribution in [3.8, 4) is 0 Å². The van der Waals surface area contributed by atoms with E-state index in [1.807, 2.05) is 6.07 Å². The average molecular weight is 283 g/mol. The van der Waals surface area contributed by atoms with E-state index in [-0.39, 0.29) is 0 Å². The van der Waals surface area contributed by atoms with Gasteiger partial charge in [-0.05, 0) is 12.8 Å². The average Bonchev–Trinajstić information content (AvgIpc) is 3.01. The van der Waals surface area contributed by atoms with Crippen LogP contribution in [0, 0.1) is 5.41 Å². The number of quaternary nitrogens is 1. The van der Waals surface area contributed by atoms with Gasteiger partial charge in [-0.1, -0.05) is 30.3 Å². The van der Waals surface area contributed by atoms with Crippen LogP contribution >= 0.6 is 0 Å². The molecule has 1 atom stereocenters. The lowest BCUT2D eigenvalue weighted by molar-refractivity contribution is -0.605. The van der Waals surface area contributed by atoms with Gasteiger partial charge in [-0.25, -0.2) is 0 Å². The maximum atomic E-state index is 7.72. The molecular formula is C17H23N4+. The van der Waals surface area contributed by atoms with E-state index in [4.69, 9.17) is 5.41 Å². The van der Waals surface area contributed by atoms with Gasteiger partial charge in [0.25, 0.3) is 0 Å². The summed E-state index contributed by atoms with van der Waals surface area (Å²) in [6.45, 7) is 3.05. The summed E-state index contributed by atoms with van der Waals surface area (Å²) in [5, 5.41) is 13.2. The highest BCUT2D eigenvalue weighted by molar-refractivity contribution is 5.81. The van der Waals surface area contributed by atoms with Gasteiger partial charge in [0.1, 0.15) is 12.7 Å². The number of allylic oxidation sites excluding steroid dienone is 1.